The van der Waals surface area contributed by atoms with E-state index in [0.717, 1.165) is 31.8 Å². The number of anilines is 1. The molecule has 34 heavy (non-hydrogen) atoms. The van der Waals surface area contributed by atoms with Gasteiger partial charge in [-0.1, -0.05) is 11.6 Å². The average Bonchev–Trinajstić information content (AvgIpc) is 3.33. The number of morpholine rings is 1. The van der Waals surface area contributed by atoms with E-state index in [1.54, 1.807) is 11.4 Å². The standard InChI is InChI=1S/C22H22ClF2N5O3S/c23-18-14(15(24)1-2-16(18)25)12-33-22-20(26)28-11-17(29-22)13-3-10-34-19(13)21(31)27-4-5-30-6-8-32-9-7-30/h1-3,10-11H,4-9,12H2,(H2,26,28)(H,27,31). The van der Waals surface area contributed by atoms with Crippen molar-refractivity contribution < 1.29 is 23.0 Å². The molecule has 1 aromatic carbocycles. The maximum Gasteiger partial charge on any atom is 0.262 e. The van der Waals surface area contributed by atoms with Crippen LogP contribution in [0.15, 0.2) is 29.8 Å². The van der Waals surface area contributed by atoms with Crippen LogP contribution >= 0.6 is 22.9 Å². The van der Waals surface area contributed by atoms with Crippen molar-refractivity contribution >= 4 is 34.7 Å². The Kier molecular flexibility index (Phi) is 7.88. The van der Waals surface area contributed by atoms with Crippen LogP contribution in [0.3, 0.4) is 0 Å². The molecule has 8 nitrogen and oxygen atoms in total. The molecule has 3 heterocycles. The Morgan fingerprint density at radius 3 is 2.82 bits per heavy atom. The Balaban J connectivity index is 1.45. The highest BCUT2D eigenvalue weighted by Gasteiger charge is 2.19. The second-order valence-corrected chi connectivity index (χ2v) is 8.72. The first kappa shape index (κ1) is 24.3. The Hall–Kier alpha value is -2.86. The third-order valence-electron chi connectivity index (χ3n) is 5.22. The van der Waals surface area contributed by atoms with Crippen LogP contribution < -0.4 is 15.8 Å². The quantitative estimate of drug-likeness (QED) is 0.449. The van der Waals surface area contributed by atoms with E-state index in [-0.39, 0.29) is 28.2 Å². The lowest BCUT2D eigenvalue weighted by molar-refractivity contribution is 0.0383. The molecule has 0 bridgehead atoms. The predicted molar refractivity (Wildman–Crippen MR) is 125 cm³/mol. The van der Waals surface area contributed by atoms with E-state index in [2.05, 4.69) is 20.2 Å². The first-order chi connectivity index (χ1) is 16.4. The summed E-state index contributed by atoms with van der Waals surface area (Å²) in [5.74, 6) is -1.83. The number of rotatable bonds is 8. The number of ether oxygens (including phenoxy) is 2. The Morgan fingerprint density at radius 1 is 1.26 bits per heavy atom. The van der Waals surface area contributed by atoms with Crippen molar-refractivity contribution in [3.63, 3.8) is 0 Å². The summed E-state index contributed by atoms with van der Waals surface area (Å²) in [7, 11) is 0. The molecule has 1 aliphatic heterocycles. The first-order valence-corrected chi connectivity index (χ1v) is 11.7. The van der Waals surface area contributed by atoms with Gasteiger partial charge in [-0.15, -0.1) is 11.3 Å². The van der Waals surface area contributed by atoms with E-state index >= 15 is 0 Å². The smallest absolute Gasteiger partial charge is 0.262 e. The molecular formula is C22H22ClF2N5O3S. The highest BCUT2D eigenvalue weighted by Crippen LogP contribution is 2.30. The largest absolute Gasteiger partial charge is 0.470 e. The summed E-state index contributed by atoms with van der Waals surface area (Å²) < 4.78 is 38.6. The van der Waals surface area contributed by atoms with Gasteiger partial charge in [0.2, 0.25) is 0 Å². The van der Waals surface area contributed by atoms with Crippen LogP contribution in [-0.4, -0.2) is 60.2 Å². The molecule has 0 aliphatic carbocycles. The van der Waals surface area contributed by atoms with Crippen LogP contribution in [0.4, 0.5) is 14.6 Å². The number of nitrogens with two attached hydrogens (primary N) is 1. The number of nitrogens with zero attached hydrogens (tertiary/aromatic N) is 3. The lowest BCUT2D eigenvalue weighted by atomic mass is 10.2. The number of nitrogens with one attached hydrogen (secondary N) is 1. The van der Waals surface area contributed by atoms with Crippen LogP contribution in [-0.2, 0) is 11.3 Å². The molecule has 1 aliphatic rings. The molecule has 1 saturated heterocycles. The van der Waals surface area contributed by atoms with E-state index in [1.807, 2.05) is 0 Å². The summed E-state index contributed by atoms with van der Waals surface area (Å²) in [5, 5.41) is 4.32. The Bertz CT molecular complexity index is 1170. The minimum atomic E-state index is -0.767. The third kappa shape index (κ3) is 5.61. The number of hydrogen-bond donors (Lipinski definition) is 2. The van der Waals surface area contributed by atoms with E-state index in [1.165, 1.54) is 17.5 Å². The number of halogens is 3. The van der Waals surface area contributed by atoms with E-state index in [9.17, 15) is 13.6 Å². The second kappa shape index (κ2) is 11.0. The summed E-state index contributed by atoms with van der Waals surface area (Å²) in [6, 6.07) is 3.63. The van der Waals surface area contributed by atoms with Gasteiger partial charge in [0.1, 0.15) is 23.1 Å². The van der Waals surface area contributed by atoms with E-state index in [4.69, 9.17) is 26.8 Å². The summed E-state index contributed by atoms with van der Waals surface area (Å²) in [5.41, 5.74) is 6.61. The van der Waals surface area contributed by atoms with Crippen LogP contribution in [0, 0.1) is 11.6 Å². The highest BCUT2D eigenvalue weighted by atomic mass is 35.5. The highest BCUT2D eigenvalue weighted by molar-refractivity contribution is 7.12. The van der Waals surface area contributed by atoms with Gasteiger partial charge in [-0.3, -0.25) is 9.69 Å². The summed E-state index contributed by atoms with van der Waals surface area (Å²) in [6.07, 6.45) is 1.42. The van der Waals surface area contributed by atoms with E-state index < -0.39 is 18.2 Å². The molecular weight excluding hydrogens is 488 g/mol. The monoisotopic (exact) mass is 509 g/mol. The molecule has 180 valence electrons. The van der Waals surface area contributed by atoms with Crippen molar-refractivity contribution in [3.8, 4) is 17.1 Å². The molecule has 3 aromatic rings. The number of carbonyl (C=O) groups is 1. The van der Waals surface area contributed by atoms with Gasteiger partial charge in [-0.25, -0.2) is 18.7 Å². The Labute approximate surface area is 203 Å². The normalized spacial score (nSPS) is 14.2. The average molecular weight is 510 g/mol. The third-order valence-corrected chi connectivity index (χ3v) is 6.55. The number of hydrogen-bond acceptors (Lipinski definition) is 8. The van der Waals surface area contributed by atoms with Crippen molar-refractivity contribution in [1.82, 2.24) is 20.2 Å². The van der Waals surface area contributed by atoms with Crippen molar-refractivity contribution in [2.75, 3.05) is 45.1 Å². The lowest BCUT2D eigenvalue weighted by Gasteiger charge is -2.26. The molecule has 3 N–H and O–H groups in total. The molecule has 1 fully saturated rings. The van der Waals surface area contributed by atoms with Crippen molar-refractivity contribution in [2.24, 2.45) is 0 Å². The second-order valence-electron chi connectivity index (χ2n) is 7.43. The molecule has 0 spiro atoms. The van der Waals surface area contributed by atoms with Gasteiger partial charge in [0.25, 0.3) is 11.8 Å². The molecule has 0 radical (unpaired) electrons. The first-order valence-electron chi connectivity index (χ1n) is 10.5. The number of thiophene rings is 1. The number of amides is 1. The van der Waals surface area contributed by atoms with Crippen molar-refractivity contribution in [2.45, 2.75) is 6.61 Å². The molecule has 0 atom stereocenters. The fraction of sp³-hybridized carbons (Fsp3) is 0.318. The predicted octanol–water partition coefficient (Wildman–Crippen LogP) is 3.36. The van der Waals surface area contributed by atoms with Gasteiger partial charge < -0.3 is 20.5 Å². The van der Waals surface area contributed by atoms with Gasteiger partial charge in [-0.2, -0.15) is 0 Å². The summed E-state index contributed by atoms with van der Waals surface area (Å²) in [6.45, 7) is 3.90. The van der Waals surface area contributed by atoms with Crippen LogP contribution in [0.2, 0.25) is 5.02 Å². The zero-order valence-electron chi connectivity index (χ0n) is 18.0. The number of benzene rings is 1. The van der Waals surface area contributed by atoms with Crippen LogP contribution in [0.25, 0.3) is 11.3 Å². The van der Waals surface area contributed by atoms with Crippen LogP contribution in [0.1, 0.15) is 15.2 Å². The number of carbonyl (C=O) groups excluding carboxylic acids is 1. The van der Waals surface area contributed by atoms with Gasteiger partial charge in [0.15, 0.2) is 5.82 Å². The molecule has 2 aromatic heterocycles. The number of aromatic nitrogens is 2. The van der Waals surface area contributed by atoms with Gasteiger partial charge >= 0.3 is 0 Å². The van der Waals surface area contributed by atoms with Crippen molar-refractivity contribution in [3.05, 3.63) is 56.9 Å². The SMILES string of the molecule is Nc1ncc(-c2ccsc2C(=O)NCCN2CCOCC2)nc1OCc1c(F)ccc(F)c1Cl. The van der Waals surface area contributed by atoms with E-state index in [0.29, 0.717) is 35.9 Å². The minimum Gasteiger partial charge on any atom is -0.470 e. The fourth-order valence-corrected chi connectivity index (χ4v) is 4.41. The topological polar surface area (TPSA) is 103 Å². The molecule has 4 rings (SSSR count). The lowest BCUT2D eigenvalue weighted by Crippen LogP contribution is -2.41. The molecule has 0 unspecified atom stereocenters. The zero-order chi connectivity index (χ0) is 24.1. The molecule has 1 amide bonds. The zero-order valence-corrected chi connectivity index (χ0v) is 19.6. The fourth-order valence-electron chi connectivity index (χ4n) is 3.38. The van der Waals surface area contributed by atoms with Crippen LogP contribution in [0.5, 0.6) is 5.88 Å². The molecule has 12 heteroatoms. The Morgan fingerprint density at radius 2 is 2.03 bits per heavy atom. The maximum absolute atomic E-state index is 14.0. The van der Waals surface area contributed by atoms with Gasteiger partial charge in [0.05, 0.1) is 30.1 Å². The summed E-state index contributed by atoms with van der Waals surface area (Å²) in [4.78, 5) is 23.9. The van der Waals surface area contributed by atoms with Gasteiger partial charge in [0, 0.05) is 37.3 Å². The maximum atomic E-state index is 14.0. The summed E-state index contributed by atoms with van der Waals surface area (Å²) >= 11 is 7.12. The van der Waals surface area contributed by atoms with Crippen molar-refractivity contribution in [1.29, 1.82) is 0 Å². The molecule has 0 saturated carbocycles. The number of nitrogen functional groups attached to an aromatic ring is 1. The van der Waals surface area contributed by atoms with Gasteiger partial charge in [-0.05, 0) is 23.6 Å². The minimum absolute atomic E-state index is 0.0385.